The number of ether oxygens (including phenoxy) is 2. The standard InChI is InChI=1S/C31H30N2O12S/c34-19-2-4-21-25(12-19)46-26-13-20(35)3-5-22(26)31(21)18-1-6-23(33(16-29(40)41)17-30(42)43)24(11-18)45-10-9-44-8-7-32(14-27(36)37)15-28(38)39/h1-6,11-13,34H,7-10,14-17H2,(H,36,37)(H,38,39)(H,40,41)(H,42,43). The van der Waals surface area contributed by atoms with Crippen LogP contribution in [0.2, 0.25) is 0 Å². The smallest absolute Gasteiger partial charge is 0.323 e. The van der Waals surface area contributed by atoms with Crippen LogP contribution in [-0.4, -0.2) is 107 Å². The van der Waals surface area contributed by atoms with Gasteiger partial charge in [0.2, 0.25) is 0 Å². The Morgan fingerprint density at radius 3 is 2.07 bits per heavy atom. The molecule has 0 bridgehead atoms. The Balaban J connectivity index is 1.67. The van der Waals surface area contributed by atoms with E-state index in [2.05, 4.69) is 0 Å². The first-order chi connectivity index (χ1) is 21.9. The fraction of sp³-hybridized carbons (Fsp3) is 0.258. The molecule has 0 aromatic heterocycles. The minimum Gasteiger partial charge on any atom is -0.508 e. The fourth-order valence-electron chi connectivity index (χ4n) is 4.87. The number of phenolic OH excluding ortho intramolecular Hbond substituents is 1. The topological polar surface area (TPSA) is 211 Å². The van der Waals surface area contributed by atoms with Gasteiger partial charge in [0, 0.05) is 33.1 Å². The van der Waals surface area contributed by atoms with Crippen LogP contribution in [0, 0.1) is 0 Å². The van der Waals surface area contributed by atoms with Crippen LogP contribution in [0.5, 0.6) is 11.5 Å². The van der Waals surface area contributed by atoms with Crippen LogP contribution in [-0.2, 0) is 23.9 Å². The van der Waals surface area contributed by atoms with E-state index in [0.717, 1.165) is 15.8 Å². The summed E-state index contributed by atoms with van der Waals surface area (Å²) >= 11 is 1.33. The highest BCUT2D eigenvalue weighted by molar-refractivity contribution is 7.21. The fourth-order valence-corrected chi connectivity index (χ4v) is 6.02. The summed E-state index contributed by atoms with van der Waals surface area (Å²) in [7, 11) is 0. The van der Waals surface area contributed by atoms with Crippen LogP contribution in [0.4, 0.5) is 5.69 Å². The molecule has 1 aliphatic heterocycles. The number of fused-ring (bicyclic) bond motifs is 2. The minimum atomic E-state index is -1.26. The molecule has 15 heteroatoms. The maximum absolute atomic E-state index is 12.2. The van der Waals surface area contributed by atoms with E-state index in [-0.39, 0.29) is 49.0 Å². The number of rotatable bonds is 17. The van der Waals surface area contributed by atoms with E-state index in [9.17, 15) is 39.3 Å². The molecule has 14 nitrogen and oxygen atoms in total. The highest BCUT2D eigenvalue weighted by Crippen LogP contribution is 2.45. The summed E-state index contributed by atoms with van der Waals surface area (Å²) in [5.74, 6) is -4.71. The molecule has 0 atom stereocenters. The number of hydrogen-bond acceptors (Lipinski definition) is 11. The average molecular weight is 655 g/mol. The van der Waals surface area contributed by atoms with E-state index < -0.39 is 50.1 Å². The zero-order valence-corrected chi connectivity index (χ0v) is 25.1. The summed E-state index contributed by atoms with van der Waals surface area (Å²) in [6.45, 7) is -2.29. The third-order valence-electron chi connectivity index (χ3n) is 6.67. The third kappa shape index (κ3) is 8.90. The lowest BCUT2D eigenvalue weighted by atomic mass is 9.95. The Hall–Kier alpha value is -5.25. The summed E-state index contributed by atoms with van der Waals surface area (Å²) in [6.07, 6.45) is 0. The van der Waals surface area contributed by atoms with Gasteiger partial charge in [-0.15, -0.1) is 11.3 Å². The molecule has 0 spiro atoms. The van der Waals surface area contributed by atoms with Crippen molar-refractivity contribution in [3.63, 3.8) is 0 Å². The summed E-state index contributed by atoms with van der Waals surface area (Å²) < 4.78 is 12.2. The number of aliphatic carboxylic acids is 4. The molecule has 0 fully saturated rings. The van der Waals surface area contributed by atoms with Crippen LogP contribution in [0.25, 0.3) is 31.7 Å². The van der Waals surface area contributed by atoms with Crippen molar-refractivity contribution in [1.29, 1.82) is 0 Å². The molecular formula is C31H30N2O12S. The van der Waals surface area contributed by atoms with Gasteiger partial charge in [0.1, 0.15) is 31.2 Å². The van der Waals surface area contributed by atoms with E-state index >= 15 is 0 Å². The van der Waals surface area contributed by atoms with Gasteiger partial charge in [0.15, 0.2) is 5.43 Å². The van der Waals surface area contributed by atoms with Gasteiger partial charge in [-0.2, -0.15) is 0 Å². The first-order valence-corrected chi connectivity index (χ1v) is 14.6. The molecule has 0 unspecified atom stereocenters. The number of nitrogens with zero attached hydrogens (tertiary/aromatic N) is 2. The quantitative estimate of drug-likeness (QED) is 0.0818. The first kappa shape index (κ1) is 33.6. The largest absolute Gasteiger partial charge is 0.508 e. The lowest BCUT2D eigenvalue weighted by Gasteiger charge is -2.25. The van der Waals surface area contributed by atoms with Gasteiger partial charge in [-0.25, -0.2) is 0 Å². The van der Waals surface area contributed by atoms with Crippen molar-refractivity contribution in [3.05, 3.63) is 64.8 Å². The van der Waals surface area contributed by atoms with E-state index in [0.29, 0.717) is 20.7 Å². The number of aromatic hydroxyl groups is 1. The van der Waals surface area contributed by atoms with Crippen molar-refractivity contribution in [2.24, 2.45) is 0 Å². The molecular weight excluding hydrogens is 624 g/mol. The lowest BCUT2D eigenvalue weighted by molar-refractivity contribution is -0.142. The maximum Gasteiger partial charge on any atom is 0.323 e. The maximum atomic E-state index is 12.2. The highest BCUT2D eigenvalue weighted by Gasteiger charge is 2.22. The van der Waals surface area contributed by atoms with Gasteiger partial charge in [0.05, 0.1) is 32.0 Å². The SMILES string of the molecule is O=C(O)CN(CCOCCOc1cc(-c2c3ccc(=O)cc-3sc3cc(O)ccc23)ccc1N(CC(=O)O)CC(=O)O)CC(=O)O. The molecule has 2 aromatic carbocycles. The van der Waals surface area contributed by atoms with Crippen LogP contribution in [0.3, 0.4) is 0 Å². The highest BCUT2D eigenvalue weighted by atomic mass is 32.1. The summed E-state index contributed by atoms with van der Waals surface area (Å²) in [4.78, 5) is 60.4. The Morgan fingerprint density at radius 1 is 0.739 bits per heavy atom. The van der Waals surface area contributed by atoms with Crippen molar-refractivity contribution >= 4 is 51.0 Å². The van der Waals surface area contributed by atoms with Gasteiger partial charge < -0.3 is 39.9 Å². The van der Waals surface area contributed by atoms with Crippen molar-refractivity contribution in [2.75, 3.05) is 57.4 Å². The van der Waals surface area contributed by atoms with Gasteiger partial charge in [-0.05, 0) is 53.6 Å². The second kappa shape index (κ2) is 15.2. The van der Waals surface area contributed by atoms with Crippen molar-refractivity contribution in [2.45, 2.75) is 0 Å². The number of hydrogen-bond donors (Lipinski definition) is 5. The Morgan fingerprint density at radius 2 is 1.41 bits per heavy atom. The molecule has 242 valence electrons. The van der Waals surface area contributed by atoms with Crippen LogP contribution in [0.1, 0.15) is 0 Å². The third-order valence-corrected chi connectivity index (χ3v) is 7.79. The minimum absolute atomic E-state index is 0.00131. The Bertz CT molecular complexity index is 1760. The summed E-state index contributed by atoms with van der Waals surface area (Å²) in [5, 5.41) is 47.8. The molecule has 4 rings (SSSR count). The Kier molecular flexibility index (Phi) is 11.1. The van der Waals surface area contributed by atoms with E-state index in [1.165, 1.54) is 34.4 Å². The predicted molar refractivity (Wildman–Crippen MR) is 167 cm³/mol. The van der Waals surface area contributed by atoms with E-state index in [1.54, 1.807) is 36.4 Å². The zero-order chi connectivity index (χ0) is 33.4. The van der Waals surface area contributed by atoms with Gasteiger partial charge >= 0.3 is 23.9 Å². The van der Waals surface area contributed by atoms with Gasteiger partial charge in [0.25, 0.3) is 0 Å². The second-order valence-corrected chi connectivity index (χ2v) is 11.2. The molecule has 0 amide bonds. The molecule has 0 saturated heterocycles. The van der Waals surface area contributed by atoms with Crippen LogP contribution >= 0.6 is 11.3 Å². The molecule has 2 aliphatic rings. The van der Waals surface area contributed by atoms with Crippen molar-refractivity contribution < 1.29 is 54.2 Å². The first-order valence-electron chi connectivity index (χ1n) is 13.8. The normalized spacial score (nSPS) is 11.2. The van der Waals surface area contributed by atoms with Crippen LogP contribution < -0.4 is 15.1 Å². The molecule has 1 heterocycles. The van der Waals surface area contributed by atoms with E-state index in [4.69, 9.17) is 19.7 Å². The molecule has 0 radical (unpaired) electrons. The number of carboxylic acids is 4. The molecule has 1 aliphatic carbocycles. The van der Waals surface area contributed by atoms with Crippen LogP contribution in [0.15, 0.2) is 59.4 Å². The summed E-state index contributed by atoms with van der Waals surface area (Å²) in [5.41, 5.74) is 2.05. The lowest BCUT2D eigenvalue weighted by Crippen LogP contribution is -2.37. The zero-order valence-electron chi connectivity index (χ0n) is 24.2. The second-order valence-electron chi connectivity index (χ2n) is 10.1. The number of carbonyl (C=O) groups is 4. The van der Waals surface area contributed by atoms with Gasteiger partial charge in [-0.3, -0.25) is 28.9 Å². The molecule has 0 saturated carbocycles. The average Bonchev–Trinajstić information content (AvgIpc) is 2.96. The summed E-state index contributed by atoms with van der Waals surface area (Å²) in [6, 6.07) is 14.3. The number of benzene rings is 3. The number of anilines is 1. The monoisotopic (exact) mass is 654 g/mol. The number of phenols is 1. The van der Waals surface area contributed by atoms with E-state index in [1.807, 2.05) is 0 Å². The Labute approximate surface area is 265 Å². The van der Waals surface area contributed by atoms with Crippen molar-refractivity contribution in [3.8, 4) is 33.1 Å². The molecule has 46 heavy (non-hydrogen) atoms. The predicted octanol–water partition coefficient (Wildman–Crippen LogP) is 2.58. The van der Waals surface area contributed by atoms with Crippen molar-refractivity contribution in [1.82, 2.24) is 4.90 Å². The van der Waals surface area contributed by atoms with Gasteiger partial charge in [-0.1, -0.05) is 6.07 Å². The molecule has 5 N–H and O–H groups in total. The number of carboxylic acid groups (broad SMARTS) is 4. The molecule has 2 aromatic rings.